The van der Waals surface area contributed by atoms with Crippen molar-refractivity contribution >= 4 is 5.97 Å². The van der Waals surface area contributed by atoms with Gasteiger partial charge in [-0.3, -0.25) is 0 Å². The van der Waals surface area contributed by atoms with E-state index in [4.69, 9.17) is 5.73 Å². The van der Waals surface area contributed by atoms with Gasteiger partial charge in [0.05, 0.1) is 7.11 Å². The lowest BCUT2D eigenvalue weighted by atomic mass is 10.1. The maximum atomic E-state index is 12.2. The number of hydrogen-bond donors (Lipinski definition) is 1. The number of aromatic nitrogens is 1. The Labute approximate surface area is 101 Å². The number of alkyl halides is 3. The minimum absolute atomic E-state index is 0.0532. The number of aryl methyl sites for hydroxylation is 1. The van der Waals surface area contributed by atoms with Gasteiger partial charge < -0.3 is 15.2 Å². The number of hydrogen-bond acceptors (Lipinski definition) is 5. The molecule has 5 nitrogen and oxygen atoms in total. The van der Waals surface area contributed by atoms with Gasteiger partial charge in [-0.2, -0.15) is 0 Å². The average Bonchev–Trinajstić information content (AvgIpc) is 2.28. The van der Waals surface area contributed by atoms with Crippen LogP contribution >= 0.6 is 0 Å². The highest BCUT2D eigenvalue weighted by molar-refractivity contribution is 5.89. The van der Waals surface area contributed by atoms with E-state index in [9.17, 15) is 18.0 Å². The zero-order chi connectivity index (χ0) is 13.9. The second-order valence-electron chi connectivity index (χ2n) is 3.36. The molecule has 100 valence electrons. The fraction of sp³-hybridized carbons (Fsp3) is 0.400. The number of carbonyl (C=O) groups excluding carboxylic acids is 1. The van der Waals surface area contributed by atoms with Crippen molar-refractivity contribution in [1.29, 1.82) is 0 Å². The van der Waals surface area contributed by atoms with Gasteiger partial charge in [-0.1, -0.05) is 0 Å². The van der Waals surface area contributed by atoms with E-state index in [1.54, 1.807) is 0 Å². The lowest BCUT2D eigenvalue weighted by Crippen LogP contribution is -2.21. The maximum absolute atomic E-state index is 12.2. The van der Waals surface area contributed by atoms with Gasteiger partial charge in [0.25, 0.3) is 0 Å². The Morgan fingerprint density at radius 2 is 2.11 bits per heavy atom. The van der Waals surface area contributed by atoms with E-state index in [2.05, 4.69) is 14.5 Å². The Morgan fingerprint density at radius 1 is 1.50 bits per heavy atom. The highest BCUT2D eigenvalue weighted by Gasteiger charge is 2.33. The third-order valence-electron chi connectivity index (χ3n) is 2.06. The molecule has 0 saturated heterocycles. The Balaban J connectivity index is 3.26. The molecule has 0 aliphatic heterocycles. The molecule has 0 radical (unpaired) electrons. The summed E-state index contributed by atoms with van der Waals surface area (Å²) < 4.78 is 44.6. The SMILES string of the molecule is COC(=O)c1nc(OC(F)(F)F)c(CN)cc1C. The number of methoxy groups -OCH3 is 1. The van der Waals surface area contributed by atoms with Crippen molar-refractivity contribution in [3.8, 4) is 5.88 Å². The van der Waals surface area contributed by atoms with Gasteiger partial charge in [0.1, 0.15) is 0 Å². The molecule has 0 aliphatic carbocycles. The molecule has 1 heterocycles. The number of nitrogens with zero attached hydrogens (tertiary/aromatic N) is 1. The fourth-order valence-corrected chi connectivity index (χ4v) is 1.30. The lowest BCUT2D eigenvalue weighted by Gasteiger charge is -2.13. The van der Waals surface area contributed by atoms with E-state index in [0.717, 1.165) is 7.11 Å². The number of nitrogens with two attached hydrogens (primary N) is 1. The van der Waals surface area contributed by atoms with Crippen LogP contribution in [0.4, 0.5) is 13.2 Å². The highest BCUT2D eigenvalue weighted by Crippen LogP contribution is 2.26. The minimum Gasteiger partial charge on any atom is -0.464 e. The number of halogens is 3. The van der Waals surface area contributed by atoms with Crippen LogP contribution in [-0.4, -0.2) is 24.4 Å². The van der Waals surface area contributed by atoms with E-state index < -0.39 is 18.2 Å². The largest absolute Gasteiger partial charge is 0.574 e. The summed E-state index contributed by atoms with van der Waals surface area (Å²) in [6.07, 6.45) is -4.90. The van der Waals surface area contributed by atoms with Crippen molar-refractivity contribution in [1.82, 2.24) is 4.98 Å². The molecule has 1 aromatic heterocycles. The van der Waals surface area contributed by atoms with Gasteiger partial charge in [-0.25, -0.2) is 9.78 Å². The van der Waals surface area contributed by atoms with E-state index in [0.29, 0.717) is 5.56 Å². The number of pyridine rings is 1. The molecular weight excluding hydrogens is 253 g/mol. The predicted octanol–water partition coefficient (Wildman–Crippen LogP) is 1.53. The van der Waals surface area contributed by atoms with Gasteiger partial charge in [-0.05, 0) is 18.6 Å². The molecule has 0 fully saturated rings. The molecule has 18 heavy (non-hydrogen) atoms. The first-order chi connectivity index (χ1) is 8.28. The van der Waals surface area contributed by atoms with Gasteiger partial charge >= 0.3 is 12.3 Å². The highest BCUT2D eigenvalue weighted by atomic mass is 19.4. The van der Waals surface area contributed by atoms with Crippen LogP contribution < -0.4 is 10.5 Å². The third kappa shape index (κ3) is 3.33. The zero-order valence-electron chi connectivity index (χ0n) is 9.67. The molecule has 1 aromatic rings. The van der Waals surface area contributed by atoms with Gasteiger partial charge in [0.2, 0.25) is 5.88 Å². The zero-order valence-corrected chi connectivity index (χ0v) is 9.67. The summed E-state index contributed by atoms with van der Waals surface area (Å²) in [7, 11) is 1.10. The lowest BCUT2D eigenvalue weighted by molar-refractivity contribution is -0.276. The van der Waals surface area contributed by atoms with Crippen LogP contribution in [0.5, 0.6) is 5.88 Å². The molecule has 2 N–H and O–H groups in total. The Morgan fingerprint density at radius 3 is 2.56 bits per heavy atom. The van der Waals surface area contributed by atoms with Crippen LogP contribution in [0, 0.1) is 6.92 Å². The van der Waals surface area contributed by atoms with E-state index >= 15 is 0 Å². The monoisotopic (exact) mass is 264 g/mol. The standard InChI is InChI=1S/C10H11F3N2O3/c1-5-3-6(4-14)8(18-10(11,12)13)15-7(5)9(16)17-2/h3H,4,14H2,1-2H3. The molecule has 0 aromatic carbocycles. The third-order valence-corrected chi connectivity index (χ3v) is 2.06. The molecule has 0 atom stereocenters. The van der Waals surface area contributed by atoms with Crippen LogP contribution in [0.15, 0.2) is 6.07 Å². The Bertz CT molecular complexity index is 460. The van der Waals surface area contributed by atoms with Crippen LogP contribution in [-0.2, 0) is 11.3 Å². The summed E-state index contributed by atoms with van der Waals surface area (Å²) in [5, 5.41) is 0. The smallest absolute Gasteiger partial charge is 0.464 e. The molecule has 1 rings (SSSR count). The number of carbonyl (C=O) groups is 1. The first-order valence-electron chi connectivity index (χ1n) is 4.83. The Hall–Kier alpha value is -1.83. The summed E-state index contributed by atoms with van der Waals surface area (Å²) in [5.41, 5.74) is 5.46. The van der Waals surface area contributed by atoms with Crippen molar-refractivity contribution in [2.75, 3.05) is 7.11 Å². The van der Waals surface area contributed by atoms with Gasteiger partial charge in [0, 0.05) is 12.1 Å². The molecule has 0 bridgehead atoms. The average molecular weight is 264 g/mol. The first-order valence-corrected chi connectivity index (χ1v) is 4.83. The number of rotatable bonds is 3. The van der Waals surface area contributed by atoms with Gasteiger partial charge in [-0.15, -0.1) is 13.2 Å². The van der Waals surface area contributed by atoms with Gasteiger partial charge in [0.15, 0.2) is 5.69 Å². The summed E-state index contributed by atoms with van der Waals surface area (Å²) >= 11 is 0. The predicted molar refractivity (Wildman–Crippen MR) is 54.9 cm³/mol. The number of esters is 1. The van der Waals surface area contributed by atoms with E-state index in [1.165, 1.54) is 13.0 Å². The molecular formula is C10H11F3N2O3. The summed E-state index contributed by atoms with van der Waals surface area (Å²) in [4.78, 5) is 14.8. The number of ether oxygens (including phenoxy) is 2. The minimum atomic E-state index is -4.90. The maximum Gasteiger partial charge on any atom is 0.574 e. The van der Waals surface area contributed by atoms with Crippen molar-refractivity contribution in [3.63, 3.8) is 0 Å². The van der Waals surface area contributed by atoms with Crippen LogP contribution in [0.3, 0.4) is 0 Å². The Kier molecular flexibility index (Phi) is 4.12. The summed E-state index contributed by atoms with van der Waals surface area (Å²) in [5.74, 6) is -1.58. The molecule has 0 amide bonds. The first kappa shape index (κ1) is 14.2. The molecule has 0 aliphatic rings. The van der Waals surface area contributed by atoms with E-state index in [1.807, 2.05) is 0 Å². The molecule has 0 spiro atoms. The normalized spacial score (nSPS) is 11.2. The summed E-state index contributed by atoms with van der Waals surface area (Å²) in [6, 6.07) is 1.31. The van der Waals surface area contributed by atoms with Crippen LogP contribution in [0.1, 0.15) is 21.6 Å². The quantitative estimate of drug-likeness (QED) is 0.838. The molecule has 0 saturated carbocycles. The fourth-order valence-electron chi connectivity index (χ4n) is 1.30. The second kappa shape index (κ2) is 5.21. The van der Waals surface area contributed by atoms with Crippen LogP contribution in [0.2, 0.25) is 0 Å². The van der Waals surface area contributed by atoms with Crippen molar-refractivity contribution in [2.24, 2.45) is 5.73 Å². The molecule has 8 heteroatoms. The molecule has 0 unspecified atom stereocenters. The topological polar surface area (TPSA) is 74.4 Å². The van der Waals surface area contributed by atoms with E-state index in [-0.39, 0.29) is 17.8 Å². The van der Waals surface area contributed by atoms with Crippen molar-refractivity contribution < 1.29 is 27.4 Å². The summed E-state index contributed by atoms with van der Waals surface area (Å²) in [6.45, 7) is 1.32. The second-order valence-corrected chi connectivity index (χ2v) is 3.36. The van der Waals surface area contributed by atoms with Crippen LogP contribution in [0.25, 0.3) is 0 Å². The van der Waals surface area contributed by atoms with Crippen molar-refractivity contribution in [3.05, 3.63) is 22.9 Å². The van der Waals surface area contributed by atoms with Crippen molar-refractivity contribution in [2.45, 2.75) is 19.8 Å².